The highest BCUT2D eigenvalue weighted by atomic mass is 32.1. The molecule has 102 valence electrons. The Labute approximate surface area is 119 Å². The number of hydrogen-bond acceptors (Lipinski definition) is 2. The van der Waals surface area contributed by atoms with Crippen LogP contribution in [0.15, 0.2) is 23.2 Å². The van der Waals surface area contributed by atoms with E-state index >= 15 is 0 Å². The summed E-state index contributed by atoms with van der Waals surface area (Å²) >= 11 is 4.55. The van der Waals surface area contributed by atoms with Crippen molar-refractivity contribution in [2.75, 3.05) is 0 Å². The third-order valence-corrected chi connectivity index (χ3v) is 4.25. The van der Waals surface area contributed by atoms with Gasteiger partial charge in [-0.3, -0.25) is 0 Å². The molecule has 0 N–H and O–H groups in total. The molecule has 0 aliphatic heterocycles. The zero-order valence-corrected chi connectivity index (χ0v) is 12.2. The number of halogens is 1. The number of hydrogen-bond donors (Lipinski definition) is 0. The molecule has 2 rings (SSSR count). The van der Waals surface area contributed by atoms with E-state index in [-0.39, 0.29) is 5.82 Å². The largest absolute Gasteiger partial charge is 0.204 e. The fourth-order valence-corrected chi connectivity index (χ4v) is 3.26. The van der Waals surface area contributed by atoms with Crippen LogP contribution >= 0.6 is 12.2 Å². The van der Waals surface area contributed by atoms with Crippen LogP contribution in [0.2, 0.25) is 0 Å². The molecular weight excluding hydrogens is 257 g/mol. The lowest BCUT2D eigenvalue weighted by Crippen LogP contribution is -2.14. The molecule has 0 atom stereocenters. The summed E-state index contributed by atoms with van der Waals surface area (Å²) in [5.41, 5.74) is 1.13. The standard InChI is InChI=1S/C16H20FNS/c1-2-4-12-7-9-13(10-8-12)14-5-3-6-15(16(14)17)18-11-19/h3,5-6,12-13H,2,4,7-10H2,1H3. The minimum atomic E-state index is -0.209. The molecule has 1 aliphatic rings. The average molecular weight is 277 g/mol. The van der Waals surface area contributed by atoms with Crippen molar-refractivity contribution in [3.63, 3.8) is 0 Å². The highest BCUT2D eigenvalue weighted by Gasteiger charge is 2.24. The van der Waals surface area contributed by atoms with Gasteiger partial charge < -0.3 is 0 Å². The van der Waals surface area contributed by atoms with Gasteiger partial charge in [-0.05, 0) is 61.4 Å². The second-order valence-electron chi connectivity index (χ2n) is 5.39. The van der Waals surface area contributed by atoms with Crippen molar-refractivity contribution in [2.24, 2.45) is 10.9 Å². The molecule has 0 heterocycles. The van der Waals surface area contributed by atoms with E-state index in [1.165, 1.54) is 25.7 Å². The maximum Gasteiger partial charge on any atom is 0.153 e. The van der Waals surface area contributed by atoms with E-state index in [1.807, 2.05) is 12.1 Å². The molecule has 1 aliphatic carbocycles. The van der Waals surface area contributed by atoms with Crippen molar-refractivity contribution in [3.8, 4) is 0 Å². The smallest absolute Gasteiger partial charge is 0.153 e. The molecule has 0 unspecified atom stereocenters. The van der Waals surface area contributed by atoms with Crippen molar-refractivity contribution in [1.29, 1.82) is 0 Å². The maximum absolute atomic E-state index is 14.3. The first-order valence-corrected chi connectivity index (χ1v) is 7.53. The zero-order chi connectivity index (χ0) is 13.7. The van der Waals surface area contributed by atoms with Crippen molar-refractivity contribution < 1.29 is 4.39 Å². The Morgan fingerprint density at radius 3 is 2.68 bits per heavy atom. The molecule has 19 heavy (non-hydrogen) atoms. The van der Waals surface area contributed by atoms with Crippen LogP contribution < -0.4 is 0 Å². The number of nitrogens with zero attached hydrogens (tertiary/aromatic N) is 1. The minimum Gasteiger partial charge on any atom is -0.204 e. The third kappa shape index (κ3) is 3.49. The van der Waals surface area contributed by atoms with Crippen LogP contribution in [-0.4, -0.2) is 5.16 Å². The lowest BCUT2D eigenvalue weighted by Gasteiger charge is -2.28. The highest BCUT2D eigenvalue weighted by Crippen LogP contribution is 2.39. The van der Waals surface area contributed by atoms with Gasteiger partial charge in [0, 0.05) is 0 Å². The van der Waals surface area contributed by atoms with Gasteiger partial charge in [0.1, 0.15) is 5.69 Å². The quantitative estimate of drug-likeness (QED) is 0.513. The van der Waals surface area contributed by atoms with Crippen LogP contribution in [0.1, 0.15) is 56.9 Å². The van der Waals surface area contributed by atoms with E-state index in [1.54, 1.807) is 6.07 Å². The van der Waals surface area contributed by atoms with Crippen LogP contribution in [0, 0.1) is 11.7 Å². The summed E-state index contributed by atoms with van der Waals surface area (Å²) in [5.74, 6) is 0.971. The van der Waals surface area contributed by atoms with Gasteiger partial charge in [-0.2, -0.15) is 4.99 Å². The summed E-state index contributed by atoms with van der Waals surface area (Å²) < 4.78 is 14.3. The Bertz CT molecular complexity index is 472. The molecule has 1 fully saturated rings. The predicted molar refractivity (Wildman–Crippen MR) is 80.7 cm³/mol. The summed E-state index contributed by atoms with van der Waals surface area (Å²) in [6, 6.07) is 5.41. The Hall–Kier alpha value is -1.05. The van der Waals surface area contributed by atoms with Crippen LogP contribution in [0.4, 0.5) is 10.1 Å². The van der Waals surface area contributed by atoms with E-state index in [0.29, 0.717) is 11.6 Å². The summed E-state index contributed by atoms with van der Waals surface area (Å²) in [7, 11) is 0. The van der Waals surface area contributed by atoms with Gasteiger partial charge in [-0.15, -0.1) is 0 Å². The second-order valence-corrected chi connectivity index (χ2v) is 5.57. The van der Waals surface area contributed by atoms with Gasteiger partial charge in [-0.1, -0.05) is 31.9 Å². The zero-order valence-electron chi connectivity index (χ0n) is 11.4. The summed E-state index contributed by atoms with van der Waals surface area (Å²) in [6.07, 6.45) is 7.18. The third-order valence-electron chi connectivity index (χ3n) is 4.16. The fraction of sp³-hybridized carbons (Fsp3) is 0.562. The van der Waals surface area contributed by atoms with E-state index in [2.05, 4.69) is 29.3 Å². The van der Waals surface area contributed by atoms with E-state index in [4.69, 9.17) is 0 Å². The first kappa shape index (κ1) is 14.4. The second kappa shape index (κ2) is 6.93. The van der Waals surface area contributed by atoms with Gasteiger partial charge in [0.05, 0.1) is 5.16 Å². The summed E-state index contributed by atoms with van der Waals surface area (Å²) in [6.45, 7) is 2.23. The van der Waals surface area contributed by atoms with Gasteiger partial charge in [-0.25, -0.2) is 4.39 Å². The number of thiocarbonyl (C=S) groups is 1. The lowest BCUT2D eigenvalue weighted by molar-refractivity contribution is 0.304. The number of rotatable bonds is 4. The molecule has 0 saturated heterocycles. The van der Waals surface area contributed by atoms with Crippen LogP contribution in [0.25, 0.3) is 0 Å². The Kier molecular flexibility index (Phi) is 5.24. The molecular formula is C16H20FNS. The van der Waals surface area contributed by atoms with Crippen molar-refractivity contribution in [3.05, 3.63) is 29.6 Å². The average Bonchev–Trinajstić information content (AvgIpc) is 2.43. The normalized spacial score (nSPS) is 22.8. The summed E-state index contributed by atoms with van der Waals surface area (Å²) in [5, 5.41) is 2.25. The molecule has 0 spiro atoms. The molecule has 1 nitrogen and oxygen atoms in total. The Morgan fingerprint density at radius 1 is 1.32 bits per heavy atom. The molecule has 3 heteroatoms. The number of benzene rings is 1. The summed E-state index contributed by atoms with van der Waals surface area (Å²) in [4.78, 5) is 3.80. The maximum atomic E-state index is 14.3. The van der Waals surface area contributed by atoms with E-state index in [0.717, 1.165) is 24.3 Å². The predicted octanol–water partition coefficient (Wildman–Crippen LogP) is 5.63. The SMILES string of the molecule is CCCC1CCC(c2cccc(N=C=S)c2F)CC1. The van der Waals surface area contributed by atoms with E-state index < -0.39 is 0 Å². The Balaban J connectivity index is 2.11. The van der Waals surface area contributed by atoms with Crippen LogP contribution in [-0.2, 0) is 0 Å². The molecule has 1 saturated carbocycles. The number of aliphatic imine (C=N–C) groups is 1. The minimum absolute atomic E-state index is 0.209. The van der Waals surface area contributed by atoms with Crippen molar-refractivity contribution >= 4 is 23.1 Å². The first-order valence-electron chi connectivity index (χ1n) is 7.12. The topological polar surface area (TPSA) is 12.4 Å². The molecule has 0 aromatic heterocycles. The highest BCUT2D eigenvalue weighted by molar-refractivity contribution is 7.78. The molecule has 0 radical (unpaired) electrons. The van der Waals surface area contributed by atoms with Crippen molar-refractivity contribution in [1.82, 2.24) is 0 Å². The lowest BCUT2D eigenvalue weighted by atomic mass is 9.77. The molecule has 1 aromatic carbocycles. The first-order chi connectivity index (χ1) is 9.26. The number of isothiocyanates is 1. The van der Waals surface area contributed by atoms with Gasteiger partial charge in [0.15, 0.2) is 5.82 Å². The van der Waals surface area contributed by atoms with Gasteiger partial charge in [0.2, 0.25) is 0 Å². The van der Waals surface area contributed by atoms with Gasteiger partial charge >= 0.3 is 0 Å². The fourth-order valence-electron chi connectivity index (χ4n) is 3.16. The molecule has 1 aromatic rings. The molecule has 0 bridgehead atoms. The monoisotopic (exact) mass is 277 g/mol. The van der Waals surface area contributed by atoms with E-state index in [9.17, 15) is 4.39 Å². The van der Waals surface area contributed by atoms with Crippen LogP contribution in [0.3, 0.4) is 0 Å². The van der Waals surface area contributed by atoms with Crippen LogP contribution in [0.5, 0.6) is 0 Å². The Morgan fingerprint density at radius 2 is 2.05 bits per heavy atom. The van der Waals surface area contributed by atoms with Gasteiger partial charge in [0.25, 0.3) is 0 Å². The van der Waals surface area contributed by atoms with Crippen molar-refractivity contribution in [2.45, 2.75) is 51.4 Å². The molecule has 0 amide bonds.